The Bertz CT molecular complexity index is 1390. The van der Waals surface area contributed by atoms with Crippen LogP contribution in [0.4, 0.5) is 4.79 Å². The average molecular weight is 503 g/mol. The quantitative estimate of drug-likeness (QED) is 0.297. The van der Waals surface area contributed by atoms with Crippen molar-refractivity contribution in [2.45, 2.75) is 69.4 Å². The molecule has 0 N–H and O–H groups in total. The summed E-state index contributed by atoms with van der Waals surface area (Å²) >= 11 is 1.61. The minimum atomic E-state index is -0.563. The Labute approximate surface area is 214 Å². The Morgan fingerprint density at radius 1 is 1.19 bits per heavy atom. The van der Waals surface area contributed by atoms with Gasteiger partial charge in [-0.05, 0) is 63.8 Å². The number of benzene rings is 2. The fourth-order valence-electron chi connectivity index (χ4n) is 5.15. The van der Waals surface area contributed by atoms with Crippen molar-refractivity contribution in [3.8, 4) is 11.5 Å². The zero-order valence-corrected chi connectivity index (χ0v) is 21.6. The van der Waals surface area contributed by atoms with Crippen LogP contribution in [-0.2, 0) is 10.2 Å². The summed E-state index contributed by atoms with van der Waals surface area (Å²) in [5.41, 5.74) is 3.99. The van der Waals surface area contributed by atoms with Crippen molar-refractivity contribution in [3.63, 3.8) is 0 Å². The summed E-state index contributed by atoms with van der Waals surface area (Å²) in [6.45, 7) is 6.26. The van der Waals surface area contributed by atoms with E-state index in [-0.39, 0.29) is 17.6 Å². The molecule has 4 aromatic rings. The molecule has 1 amide bonds. The highest BCUT2D eigenvalue weighted by Crippen LogP contribution is 2.49. The largest absolute Gasteiger partial charge is 0.444 e. The molecule has 0 aliphatic heterocycles. The summed E-state index contributed by atoms with van der Waals surface area (Å²) < 4.78 is 12.7. The van der Waals surface area contributed by atoms with Gasteiger partial charge in [0.1, 0.15) is 5.60 Å². The first-order valence-electron chi connectivity index (χ1n) is 12.5. The molecular formula is C28H30N4O3S. The van der Waals surface area contributed by atoms with E-state index in [2.05, 4.69) is 34.4 Å². The highest BCUT2D eigenvalue weighted by atomic mass is 32.1. The highest BCUT2D eigenvalue weighted by Gasteiger charge is 2.52. The molecule has 2 fully saturated rings. The number of hydrogen-bond acceptors (Lipinski definition) is 7. The summed E-state index contributed by atoms with van der Waals surface area (Å²) in [5.74, 6) is 1.48. The van der Waals surface area contributed by atoms with Gasteiger partial charge in [0.2, 0.25) is 0 Å². The molecule has 0 saturated heterocycles. The number of amides is 1. The lowest BCUT2D eigenvalue weighted by Crippen LogP contribution is -2.50. The van der Waals surface area contributed by atoms with Gasteiger partial charge in [-0.2, -0.15) is 4.98 Å². The zero-order valence-electron chi connectivity index (χ0n) is 20.8. The van der Waals surface area contributed by atoms with Gasteiger partial charge in [0.05, 0.1) is 21.1 Å². The maximum Gasteiger partial charge on any atom is 0.410 e. The predicted octanol–water partition coefficient (Wildman–Crippen LogP) is 6.56. The van der Waals surface area contributed by atoms with Crippen LogP contribution in [0.1, 0.15) is 63.8 Å². The zero-order chi connectivity index (χ0) is 24.9. The SMILES string of the molecule is CC(C)(C)OC(=O)N(CC1(c2noc(-c3ccc4scnc4c3)n2)CCC1)[C@H]1C[C@@H]1c1ccccc1. The number of thiazole rings is 1. The van der Waals surface area contributed by atoms with Gasteiger partial charge in [0, 0.05) is 24.1 Å². The monoisotopic (exact) mass is 502 g/mol. The van der Waals surface area contributed by atoms with Gasteiger partial charge in [-0.15, -0.1) is 11.3 Å². The van der Waals surface area contributed by atoms with Crippen LogP contribution in [0, 0.1) is 0 Å². The number of fused-ring (bicyclic) bond motifs is 1. The number of nitrogens with zero attached hydrogens (tertiary/aromatic N) is 4. The smallest absolute Gasteiger partial charge is 0.410 e. The summed E-state index contributed by atoms with van der Waals surface area (Å²) in [5, 5.41) is 4.42. The molecule has 7 nitrogen and oxygen atoms in total. The van der Waals surface area contributed by atoms with Crippen molar-refractivity contribution >= 4 is 27.6 Å². The van der Waals surface area contributed by atoms with Crippen molar-refractivity contribution in [2.75, 3.05) is 6.54 Å². The first kappa shape index (κ1) is 23.2. The number of carbonyl (C=O) groups is 1. The van der Waals surface area contributed by atoms with Crippen LogP contribution in [0.2, 0.25) is 0 Å². The van der Waals surface area contributed by atoms with Gasteiger partial charge in [-0.3, -0.25) is 0 Å². The van der Waals surface area contributed by atoms with Gasteiger partial charge in [0.25, 0.3) is 5.89 Å². The fourth-order valence-corrected chi connectivity index (χ4v) is 5.81. The van der Waals surface area contributed by atoms with Crippen LogP contribution in [0.15, 0.2) is 58.6 Å². The summed E-state index contributed by atoms with van der Waals surface area (Å²) in [7, 11) is 0. The highest BCUT2D eigenvalue weighted by molar-refractivity contribution is 7.16. The van der Waals surface area contributed by atoms with Crippen molar-refractivity contribution < 1.29 is 14.1 Å². The van der Waals surface area contributed by atoms with Crippen LogP contribution < -0.4 is 0 Å². The second-order valence-corrected chi connectivity index (χ2v) is 11.9. The predicted molar refractivity (Wildman–Crippen MR) is 139 cm³/mol. The van der Waals surface area contributed by atoms with Gasteiger partial charge in [0.15, 0.2) is 5.82 Å². The average Bonchev–Trinajstić information content (AvgIpc) is 3.22. The molecule has 2 aliphatic rings. The van der Waals surface area contributed by atoms with E-state index in [0.717, 1.165) is 41.5 Å². The summed E-state index contributed by atoms with van der Waals surface area (Å²) in [6.07, 6.45) is 3.57. The topological polar surface area (TPSA) is 81.4 Å². The van der Waals surface area contributed by atoms with Gasteiger partial charge < -0.3 is 14.2 Å². The van der Waals surface area contributed by atoms with E-state index in [4.69, 9.17) is 14.2 Å². The Kier molecular flexibility index (Phi) is 5.59. The molecule has 2 aliphatic carbocycles. The number of rotatable bonds is 6. The van der Waals surface area contributed by atoms with Gasteiger partial charge in [-0.1, -0.05) is 41.9 Å². The molecule has 0 bridgehead atoms. The molecule has 2 heterocycles. The number of aromatic nitrogens is 3. The number of carbonyl (C=O) groups excluding carboxylic acids is 1. The molecule has 0 unspecified atom stereocenters. The molecule has 0 spiro atoms. The van der Waals surface area contributed by atoms with Crippen molar-refractivity contribution in [1.29, 1.82) is 0 Å². The molecule has 2 aromatic heterocycles. The van der Waals surface area contributed by atoms with E-state index in [9.17, 15) is 4.79 Å². The fraction of sp³-hybridized carbons (Fsp3) is 0.429. The Balaban J connectivity index is 1.27. The van der Waals surface area contributed by atoms with Crippen LogP contribution in [0.5, 0.6) is 0 Å². The minimum absolute atomic E-state index is 0.109. The van der Waals surface area contributed by atoms with Crippen LogP contribution in [0.25, 0.3) is 21.7 Å². The lowest BCUT2D eigenvalue weighted by atomic mass is 9.67. The molecular weight excluding hydrogens is 472 g/mol. The molecule has 6 rings (SSSR count). The summed E-state index contributed by atoms with van der Waals surface area (Å²) in [4.78, 5) is 24.6. The molecule has 2 atom stereocenters. The normalized spacial score (nSPS) is 20.6. The summed E-state index contributed by atoms with van der Waals surface area (Å²) in [6, 6.07) is 16.5. The van der Waals surface area contributed by atoms with E-state index >= 15 is 0 Å². The maximum atomic E-state index is 13.4. The third-order valence-electron chi connectivity index (χ3n) is 7.27. The van der Waals surface area contributed by atoms with Crippen LogP contribution in [-0.4, -0.2) is 44.3 Å². The minimum Gasteiger partial charge on any atom is -0.444 e. The van der Waals surface area contributed by atoms with Gasteiger partial charge >= 0.3 is 6.09 Å². The van der Waals surface area contributed by atoms with Crippen molar-refractivity contribution in [2.24, 2.45) is 0 Å². The first-order valence-corrected chi connectivity index (χ1v) is 13.4. The Morgan fingerprint density at radius 3 is 2.72 bits per heavy atom. The third kappa shape index (κ3) is 4.39. The molecule has 36 heavy (non-hydrogen) atoms. The molecule has 8 heteroatoms. The second kappa shape index (κ2) is 8.69. The number of ether oxygens (including phenoxy) is 1. The van der Waals surface area contributed by atoms with Crippen LogP contribution >= 0.6 is 11.3 Å². The second-order valence-electron chi connectivity index (χ2n) is 11.0. The lowest BCUT2D eigenvalue weighted by Gasteiger charge is -2.43. The third-order valence-corrected chi connectivity index (χ3v) is 8.08. The van der Waals surface area contributed by atoms with Crippen molar-refractivity contribution in [3.05, 3.63) is 65.4 Å². The van der Waals surface area contributed by atoms with E-state index in [1.54, 1.807) is 11.3 Å². The standard InChI is InChI=1S/C28H30N4O3S/c1-27(2,3)34-26(33)32(22-15-20(22)18-8-5-4-6-9-18)16-28(12-7-13-28)25-30-24(35-31-25)19-10-11-23-21(14-19)29-17-36-23/h4-6,8-11,14,17,20,22H,7,12-13,15-16H2,1-3H3/t20-,22+/m1/s1. The van der Waals surface area contributed by atoms with E-state index < -0.39 is 5.60 Å². The maximum absolute atomic E-state index is 13.4. The molecule has 186 valence electrons. The van der Waals surface area contributed by atoms with Gasteiger partial charge in [-0.25, -0.2) is 9.78 Å². The molecule has 2 saturated carbocycles. The van der Waals surface area contributed by atoms with Crippen molar-refractivity contribution in [1.82, 2.24) is 20.0 Å². The number of hydrogen-bond donors (Lipinski definition) is 0. The lowest BCUT2D eigenvalue weighted by molar-refractivity contribution is 0.0123. The van der Waals surface area contributed by atoms with Crippen LogP contribution in [0.3, 0.4) is 0 Å². The van der Waals surface area contributed by atoms with E-state index in [1.807, 2.05) is 55.4 Å². The molecule has 2 aromatic carbocycles. The Morgan fingerprint density at radius 2 is 2.00 bits per heavy atom. The van der Waals surface area contributed by atoms with E-state index in [1.165, 1.54) is 5.56 Å². The Hall–Kier alpha value is -3.26. The van der Waals surface area contributed by atoms with E-state index in [0.29, 0.717) is 24.2 Å². The molecule has 0 radical (unpaired) electrons. The first-order chi connectivity index (χ1) is 17.3.